The zero-order valence-electron chi connectivity index (χ0n) is 9.80. The highest BCUT2D eigenvalue weighted by Gasteiger charge is 2.33. The summed E-state index contributed by atoms with van der Waals surface area (Å²) in [7, 11) is 1.46. The van der Waals surface area contributed by atoms with Crippen molar-refractivity contribution in [2.45, 2.75) is 13.1 Å². The predicted molar refractivity (Wildman–Crippen MR) is 60.3 cm³/mol. The van der Waals surface area contributed by atoms with Gasteiger partial charge in [0.1, 0.15) is 11.4 Å². The van der Waals surface area contributed by atoms with Crippen molar-refractivity contribution in [2.24, 2.45) is 0 Å². The standard InChI is InChI=1S/C12H11F3N2O/c1-7-3-4-10(18-2)8(5-7)9-6-11(17-16-9)12(13,14)15/h3-6H,1-2H3,(H,16,17). The number of nitrogens with zero attached hydrogens (tertiary/aromatic N) is 1. The molecular formula is C12H11F3N2O. The molecule has 1 aromatic carbocycles. The van der Waals surface area contributed by atoms with Crippen LogP contribution >= 0.6 is 0 Å². The lowest BCUT2D eigenvalue weighted by Gasteiger charge is -2.06. The van der Waals surface area contributed by atoms with Gasteiger partial charge in [-0.2, -0.15) is 18.3 Å². The zero-order valence-corrected chi connectivity index (χ0v) is 9.80. The molecule has 0 aliphatic heterocycles. The first kappa shape index (κ1) is 12.5. The third-order valence-corrected chi connectivity index (χ3v) is 2.51. The van der Waals surface area contributed by atoms with Crippen LogP contribution in [0.15, 0.2) is 24.3 Å². The van der Waals surface area contributed by atoms with Gasteiger partial charge in [0.15, 0.2) is 0 Å². The van der Waals surface area contributed by atoms with Gasteiger partial charge in [0.2, 0.25) is 0 Å². The minimum absolute atomic E-state index is 0.211. The number of aromatic nitrogens is 2. The second-order valence-corrected chi connectivity index (χ2v) is 3.87. The summed E-state index contributed by atoms with van der Waals surface area (Å²) in [5.41, 5.74) is 0.788. The summed E-state index contributed by atoms with van der Waals surface area (Å²) in [6, 6.07) is 6.22. The highest BCUT2D eigenvalue weighted by Crippen LogP contribution is 2.34. The lowest BCUT2D eigenvalue weighted by molar-refractivity contribution is -0.141. The topological polar surface area (TPSA) is 37.9 Å². The normalized spacial score (nSPS) is 11.6. The lowest BCUT2D eigenvalue weighted by Crippen LogP contribution is -2.04. The van der Waals surface area contributed by atoms with Crippen LogP contribution in [0.4, 0.5) is 13.2 Å². The predicted octanol–water partition coefficient (Wildman–Crippen LogP) is 3.41. The first-order valence-corrected chi connectivity index (χ1v) is 5.19. The van der Waals surface area contributed by atoms with E-state index in [-0.39, 0.29) is 5.69 Å². The molecule has 96 valence electrons. The molecule has 0 saturated heterocycles. The fourth-order valence-electron chi connectivity index (χ4n) is 1.63. The van der Waals surface area contributed by atoms with Gasteiger partial charge < -0.3 is 4.74 Å². The number of methoxy groups -OCH3 is 1. The van der Waals surface area contributed by atoms with E-state index in [2.05, 4.69) is 5.10 Å². The van der Waals surface area contributed by atoms with Crippen LogP contribution in [-0.2, 0) is 6.18 Å². The number of ether oxygens (including phenoxy) is 1. The Bertz CT molecular complexity index is 561. The molecule has 0 unspecified atom stereocenters. The summed E-state index contributed by atoms with van der Waals surface area (Å²) >= 11 is 0. The molecule has 0 spiro atoms. The lowest BCUT2D eigenvalue weighted by atomic mass is 10.1. The van der Waals surface area contributed by atoms with Gasteiger partial charge in [-0.3, -0.25) is 5.10 Å². The Hall–Kier alpha value is -1.98. The zero-order chi connectivity index (χ0) is 13.3. The molecule has 0 atom stereocenters. The van der Waals surface area contributed by atoms with Crippen LogP contribution in [0.5, 0.6) is 5.75 Å². The van der Waals surface area contributed by atoms with E-state index >= 15 is 0 Å². The Labute approximate surface area is 102 Å². The van der Waals surface area contributed by atoms with Gasteiger partial charge in [0.25, 0.3) is 0 Å². The molecule has 0 radical (unpaired) electrons. The number of rotatable bonds is 2. The number of alkyl halides is 3. The Balaban J connectivity index is 2.49. The average molecular weight is 256 g/mol. The van der Waals surface area contributed by atoms with Gasteiger partial charge in [-0.25, -0.2) is 0 Å². The molecule has 18 heavy (non-hydrogen) atoms. The Morgan fingerprint density at radius 1 is 1.22 bits per heavy atom. The van der Waals surface area contributed by atoms with Crippen LogP contribution in [0.2, 0.25) is 0 Å². The molecule has 1 aromatic heterocycles. The number of H-pyrrole nitrogens is 1. The van der Waals surface area contributed by atoms with Crippen molar-refractivity contribution >= 4 is 0 Å². The van der Waals surface area contributed by atoms with Crippen LogP contribution in [0.1, 0.15) is 11.3 Å². The van der Waals surface area contributed by atoms with E-state index in [1.807, 2.05) is 18.1 Å². The summed E-state index contributed by atoms with van der Waals surface area (Å²) in [5, 5.41) is 5.66. The first-order chi connectivity index (χ1) is 8.41. The van der Waals surface area contributed by atoms with Crippen molar-refractivity contribution in [3.63, 3.8) is 0 Å². The van der Waals surface area contributed by atoms with E-state index < -0.39 is 11.9 Å². The van der Waals surface area contributed by atoms with E-state index in [0.717, 1.165) is 11.6 Å². The maximum absolute atomic E-state index is 12.5. The van der Waals surface area contributed by atoms with Crippen LogP contribution in [0.25, 0.3) is 11.3 Å². The maximum Gasteiger partial charge on any atom is 0.432 e. The van der Waals surface area contributed by atoms with Crippen molar-refractivity contribution in [1.29, 1.82) is 0 Å². The fourth-order valence-corrected chi connectivity index (χ4v) is 1.63. The monoisotopic (exact) mass is 256 g/mol. The van der Waals surface area contributed by atoms with Crippen LogP contribution in [0.3, 0.4) is 0 Å². The third kappa shape index (κ3) is 2.32. The molecule has 0 fully saturated rings. The van der Waals surface area contributed by atoms with Crippen molar-refractivity contribution < 1.29 is 17.9 Å². The van der Waals surface area contributed by atoms with Gasteiger partial charge in [0, 0.05) is 5.56 Å². The third-order valence-electron chi connectivity index (χ3n) is 2.51. The number of nitrogens with one attached hydrogen (secondary N) is 1. The molecule has 0 amide bonds. The minimum Gasteiger partial charge on any atom is -0.496 e. The summed E-state index contributed by atoms with van der Waals surface area (Å²) in [6.07, 6.45) is -4.43. The van der Waals surface area contributed by atoms with Crippen LogP contribution in [-0.4, -0.2) is 17.3 Å². The largest absolute Gasteiger partial charge is 0.496 e. The Kier molecular flexibility index (Phi) is 3.02. The number of halogens is 3. The van der Waals surface area contributed by atoms with Crippen molar-refractivity contribution in [1.82, 2.24) is 10.2 Å². The summed E-state index contributed by atoms with van der Waals surface area (Å²) in [6.45, 7) is 1.85. The van der Waals surface area contributed by atoms with Crippen LogP contribution in [0, 0.1) is 6.92 Å². The average Bonchev–Trinajstić information content (AvgIpc) is 2.77. The summed E-state index contributed by atoms with van der Waals surface area (Å²) in [4.78, 5) is 0. The van der Waals surface area contributed by atoms with Gasteiger partial charge >= 0.3 is 6.18 Å². The van der Waals surface area contributed by atoms with E-state index in [1.165, 1.54) is 7.11 Å². The van der Waals surface area contributed by atoms with E-state index in [9.17, 15) is 13.2 Å². The minimum atomic E-state index is -4.43. The maximum atomic E-state index is 12.5. The van der Waals surface area contributed by atoms with Gasteiger partial charge in [-0.1, -0.05) is 11.6 Å². The second-order valence-electron chi connectivity index (χ2n) is 3.87. The quantitative estimate of drug-likeness (QED) is 0.894. The number of aromatic amines is 1. The van der Waals surface area contributed by atoms with E-state index in [0.29, 0.717) is 11.3 Å². The van der Waals surface area contributed by atoms with Gasteiger partial charge in [0.05, 0.1) is 12.8 Å². The highest BCUT2D eigenvalue weighted by atomic mass is 19.4. The van der Waals surface area contributed by atoms with Gasteiger partial charge in [-0.05, 0) is 25.1 Å². The van der Waals surface area contributed by atoms with Gasteiger partial charge in [-0.15, -0.1) is 0 Å². The molecule has 0 bridgehead atoms. The molecule has 2 aromatic rings. The number of hydrogen-bond acceptors (Lipinski definition) is 2. The molecule has 1 N–H and O–H groups in total. The molecule has 3 nitrogen and oxygen atoms in total. The molecule has 0 saturated carbocycles. The van der Waals surface area contributed by atoms with Crippen molar-refractivity contribution in [3.8, 4) is 17.0 Å². The molecular weight excluding hydrogens is 245 g/mol. The second kappa shape index (κ2) is 4.36. The molecule has 1 heterocycles. The molecule has 0 aliphatic carbocycles. The molecule has 6 heteroatoms. The Morgan fingerprint density at radius 3 is 2.50 bits per heavy atom. The number of aryl methyl sites for hydroxylation is 1. The fraction of sp³-hybridized carbons (Fsp3) is 0.250. The van der Waals surface area contributed by atoms with Crippen molar-refractivity contribution in [2.75, 3.05) is 7.11 Å². The summed E-state index contributed by atoms with van der Waals surface area (Å²) in [5.74, 6) is 0.487. The van der Waals surface area contributed by atoms with Crippen molar-refractivity contribution in [3.05, 3.63) is 35.5 Å². The SMILES string of the molecule is COc1ccc(C)cc1-c1cc(C(F)(F)F)[nH]n1. The highest BCUT2D eigenvalue weighted by molar-refractivity contribution is 5.68. The molecule has 0 aliphatic rings. The summed E-state index contributed by atoms with van der Waals surface area (Å²) < 4.78 is 42.5. The first-order valence-electron chi connectivity index (χ1n) is 5.19. The number of hydrogen-bond donors (Lipinski definition) is 1. The van der Waals surface area contributed by atoms with E-state index in [4.69, 9.17) is 4.74 Å². The van der Waals surface area contributed by atoms with Crippen LogP contribution < -0.4 is 4.74 Å². The smallest absolute Gasteiger partial charge is 0.432 e. The Morgan fingerprint density at radius 2 is 1.94 bits per heavy atom. The molecule has 2 rings (SSSR count). The number of benzene rings is 1. The van der Waals surface area contributed by atoms with E-state index in [1.54, 1.807) is 12.1 Å².